The summed E-state index contributed by atoms with van der Waals surface area (Å²) >= 11 is 1.36. The van der Waals surface area contributed by atoms with Crippen molar-refractivity contribution in [2.45, 2.75) is 30.6 Å². The summed E-state index contributed by atoms with van der Waals surface area (Å²) in [5.41, 5.74) is 3.20. The quantitative estimate of drug-likeness (QED) is 0.314. The van der Waals surface area contributed by atoms with Crippen LogP contribution in [-0.4, -0.2) is 50.7 Å². The van der Waals surface area contributed by atoms with E-state index < -0.39 is 20.2 Å². The molecule has 0 saturated heterocycles. The van der Waals surface area contributed by atoms with E-state index in [0.717, 1.165) is 11.1 Å². The third-order valence-corrected chi connectivity index (χ3v) is 6.51. The predicted molar refractivity (Wildman–Crippen MR) is 115 cm³/mol. The van der Waals surface area contributed by atoms with E-state index in [9.17, 15) is 25.9 Å². The van der Waals surface area contributed by atoms with Crippen LogP contribution in [0.25, 0.3) is 0 Å². The van der Waals surface area contributed by atoms with Crippen molar-refractivity contribution in [2.75, 3.05) is 0 Å². The van der Waals surface area contributed by atoms with Crippen molar-refractivity contribution in [1.82, 2.24) is 0 Å². The SMILES string of the molecule is Cc1cc[c]([Bi+2])cc1.Cc1ccc(S(=O)(=O)[O-])cc1.Cc1ccc(S(=O)(=O)[O-])cc1. The van der Waals surface area contributed by atoms with Crippen molar-refractivity contribution in [1.29, 1.82) is 0 Å². The van der Waals surface area contributed by atoms with E-state index in [4.69, 9.17) is 0 Å². The molecule has 0 aliphatic rings. The smallest absolute Gasteiger partial charge is 0.124 e. The zero-order chi connectivity index (χ0) is 22.9. The number of aryl methyl sites for hydroxylation is 3. The molecule has 0 heterocycles. The minimum atomic E-state index is -4.27. The zero-order valence-electron chi connectivity index (χ0n) is 16.6. The summed E-state index contributed by atoms with van der Waals surface area (Å²) in [6.45, 7) is 5.75. The van der Waals surface area contributed by atoms with Crippen LogP contribution in [0.1, 0.15) is 16.7 Å². The topological polar surface area (TPSA) is 114 Å². The number of benzene rings is 3. The maximum Gasteiger partial charge on any atom is 0.124 e. The molecule has 0 spiro atoms. The van der Waals surface area contributed by atoms with Gasteiger partial charge in [0.1, 0.15) is 20.2 Å². The Labute approximate surface area is 193 Å². The molecule has 0 amide bonds. The molecule has 9 heteroatoms. The number of hydrogen-bond donors (Lipinski definition) is 0. The molecule has 0 saturated carbocycles. The van der Waals surface area contributed by atoms with Gasteiger partial charge in [-0.1, -0.05) is 35.4 Å². The van der Waals surface area contributed by atoms with Crippen LogP contribution in [0.4, 0.5) is 0 Å². The molecule has 158 valence electrons. The summed E-state index contributed by atoms with van der Waals surface area (Å²) in [4.78, 5) is -0.355. The Kier molecular flexibility index (Phi) is 10.3. The van der Waals surface area contributed by atoms with Gasteiger partial charge in [-0.3, -0.25) is 0 Å². The molecule has 0 atom stereocenters. The molecule has 3 rings (SSSR count). The summed E-state index contributed by atoms with van der Waals surface area (Å²) in [6.07, 6.45) is 0. The Balaban J connectivity index is 0.000000228. The van der Waals surface area contributed by atoms with E-state index in [-0.39, 0.29) is 9.79 Å². The molecule has 6 nitrogen and oxygen atoms in total. The first kappa shape index (κ1) is 26.4. The molecule has 3 aromatic carbocycles. The van der Waals surface area contributed by atoms with E-state index >= 15 is 0 Å². The second-order valence-corrected chi connectivity index (χ2v) is 11.1. The zero-order valence-corrected chi connectivity index (χ0v) is 21.8. The van der Waals surface area contributed by atoms with Crippen LogP contribution in [0, 0.1) is 20.8 Å². The van der Waals surface area contributed by atoms with E-state index in [2.05, 4.69) is 31.2 Å². The molecule has 0 aromatic heterocycles. The maximum atomic E-state index is 10.4. The first-order valence-electron chi connectivity index (χ1n) is 8.60. The van der Waals surface area contributed by atoms with Gasteiger partial charge in [0.25, 0.3) is 0 Å². The van der Waals surface area contributed by atoms with E-state index in [1.165, 1.54) is 57.8 Å². The molecule has 0 aliphatic carbocycles. The van der Waals surface area contributed by atoms with Crippen LogP contribution >= 0.6 is 0 Å². The van der Waals surface area contributed by atoms with Gasteiger partial charge in [-0.25, -0.2) is 16.8 Å². The number of hydrogen-bond acceptors (Lipinski definition) is 6. The van der Waals surface area contributed by atoms with Crippen LogP contribution in [-0.2, 0) is 20.2 Å². The summed E-state index contributed by atoms with van der Waals surface area (Å²) in [5, 5.41) is 0. The minimum absolute atomic E-state index is 0.178. The molecule has 0 bridgehead atoms. The molecule has 0 unspecified atom stereocenters. The second kappa shape index (κ2) is 11.7. The monoisotopic (exact) mass is 642 g/mol. The van der Waals surface area contributed by atoms with Gasteiger partial charge in [-0.05, 0) is 38.1 Å². The molecule has 2 radical (unpaired) electrons. The Bertz CT molecular complexity index is 1040. The third-order valence-electron chi connectivity index (χ3n) is 3.65. The standard InChI is InChI=1S/2C7H8O3S.C7H7.Bi/c2*1-6-2-4-7(5-3-6)11(8,9)10;1-7-5-3-2-4-6-7;/h2*2-5H,1H3,(H,8,9,10);3-6H,1H3;/q;;;+2/p-2. The maximum absolute atomic E-state index is 10.4. The normalized spacial score (nSPS) is 10.8. The van der Waals surface area contributed by atoms with Crippen LogP contribution in [0.15, 0.2) is 82.6 Å². The fourth-order valence-corrected chi connectivity index (χ4v) is 3.47. The molecule has 0 aliphatic heterocycles. The summed E-state index contributed by atoms with van der Waals surface area (Å²) in [5.74, 6) is 0. The van der Waals surface area contributed by atoms with Crippen LogP contribution in [0.3, 0.4) is 0 Å². The Morgan fingerprint density at radius 3 is 0.967 bits per heavy atom. The van der Waals surface area contributed by atoms with Crippen molar-refractivity contribution >= 4 is 48.2 Å². The fraction of sp³-hybridized carbons (Fsp3) is 0.143. The van der Waals surface area contributed by atoms with Crippen LogP contribution in [0.5, 0.6) is 0 Å². The number of rotatable bonds is 2. The van der Waals surface area contributed by atoms with E-state index in [1.54, 1.807) is 24.3 Å². The fourth-order valence-electron chi connectivity index (χ4n) is 1.95. The molecular weight excluding hydrogens is 621 g/mol. The molecular formula is C21H21BiO6S2. The van der Waals surface area contributed by atoms with Gasteiger partial charge in [-0.2, -0.15) is 0 Å². The summed E-state index contributed by atoms with van der Waals surface area (Å²) in [6, 6.07) is 20.2. The minimum Gasteiger partial charge on any atom is -0.744 e. The van der Waals surface area contributed by atoms with Gasteiger partial charge in [0.15, 0.2) is 0 Å². The van der Waals surface area contributed by atoms with Crippen LogP contribution < -0.4 is 3.27 Å². The Morgan fingerprint density at radius 1 is 0.533 bits per heavy atom. The summed E-state index contributed by atoms with van der Waals surface area (Å²) in [7, 11) is -8.54. The van der Waals surface area contributed by atoms with Crippen molar-refractivity contribution in [3.8, 4) is 0 Å². The van der Waals surface area contributed by atoms with Gasteiger partial charge in [0, 0.05) is 0 Å². The van der Waals surface area contributed by atoms with Gasteiger partial charge in [-0.15, -0.1) is 0 Å². The first-order chi connectivity index (χ1) is 13.8. The van der Waals surface area contributed by atoms with Crippen molar-refractivity contribution in [3.05, 3.63) is 89.5 Å². The first-order valence-corrected chi connectivity index (χ1v) is 13.2. The Morgan fingerprint density at radius 2 is 0.767 bits per heavy atom. The van der Waals surface area contributed by atoms with E-state index in [1.807, 2.05) is 13.8 Å². The van der Waals surface area contributed by atoms with Gasteiger partial charge < -0.3 is 9.11 Å². The van der Waals surface area contributed by atoms with Crippen LogP contribution in [0.2, 0.25) is 0 Å². The summed E-state index contributed by atoms with van der Waals surface area (Å²) < 4.78 is 63.8. The van der Waals surface area contributed by atoms with Crippen molar-refractivity contribution < 1.29 is 25.9 Å². The van der Waals surface area contributed by atoms with Crippen molar-refractivity contribution in [3.63, 3.8) is 0 Å². The average Bonchev–Trinajstić information content (AvgIpc) is 2.64. The van der Waals surface area contributed by atoms with E-state index in [0.29, 0.717) is 0 Å². The van der Waals surface area contributed by atoms with Crippen molar-refractivity contribution in [2.24, 2.45) is 0 Å². The van der Waals surface area contributed by atoms with Gasteiger partial charge in [0.2, 0.25) is 0 Å². The third kappa shape index (κ3) is 10.4. The molecule has 3 aromatic rings. The Hall–Kier alpha value is -1.64. The van der Waals surface area contributed by atoms with Gasteiger partial charge >= 0.3 is 64.7 Å². The molecule has 0 N–H and O–H groups in total. The predicted octanol–water partition coefficient (Wildman–Crippen LogP) is 2.59. The largest absolute Gasteiger partial charge is 0.744 e. The average molecular weight is 643 g/mol. The molecule has 30 heavy (non-hydrogen) atoms. The second-order valence-electron chi connectivity index (χ2n) is 6.37. The van der Waals surface area contributed by atoms with Gasteiger partial charge in [0.05, 0.1) is 9.79 Å². The molecule has 0 fully saturated rings.